The molecule has 6 heteroatoms. The van der Waals surface area contributed by atoms with Crippen molar-refractivity contribution >= 4 is 40.4 Å². The Bertz CT molecular complexity index is 1400. The quantitative estimate of drug-likeness (QED) is 0.357. The van der Waals surface area contributed by atoms with E-state index in [1.807, 2.05) is 84.9 Å². The Hall–Kier alpha value is -4.45. The van der Waals surface area contributed by atoms with Crippen molar-refractivity contribution in [2.45, 2.75) is 25.3 Å². The molecule has 1 fully saturated rings. The monoisotopic (exact) mass is 477 g/mol. The van der Waals surface area contributed by atoms with Crippen LogP contribution in [0.3, 0.4) is 0 Å². The van der Waals surface area contributed by atoms with Crippen molar-refractivity contribution < 1.29 is 14.4 Å². The van der Waals surface area contributed by atoms with E-state index in [-0.39, 0.29) is 11.8 Å². The molecule has 3 amide bonds. The maximum Gasteiger partial charge on any atom is 0.247 e. The highest BCUT2D eigenvalue weighted by molar-refractivity contribution is 6.00. The predicted molar refractivity (Wildman–Crippen MR) is 143 cm³/mol. The molecule has 4 aromatic rings. The van der Waals surface area contributed by atoms with Gasteiger partial charge in [-0.05, 0) is 70.6 Å². The zero-order valence-electron chi connectivity index (χ0n) is 19.8. The van der Waals surface area contributed by atoms with Crippen molar-refractivity contribution in [2.24, 2.45) is 0 Å². The standard InChI is InChI=1S/C30H27N3O3/c34-20-31-26-13-10-22(11-14-26)23-8-9-25-19-27(15-12-24(25)18-23)32-30(36)28-7-4-16-33(28)29(35)17-21-5-2-1-3-6-21/h1-3,5-6,8-15,18-20,28H,4,7,16-17H2,(H,31,34)(H,32,36)/t28-/m0/s1. The largest absolute Gasteiger partial charge is 0.330 e. The number of hydrogen-bond donors (Lipinski definition) is 2. The number of nitrogens with zero attached hydrogens (tertiary/aromatic N) is 1. The van der Waals surface area contributed by atoms with E-state index in [1.165, 1.54) is 0 Å². The van der Waals surface area contributed by atoms with Crippen molar-refractivity contribution in [2.75, 3.05) is 17.2 Å². The zero-order chi connectivity index (χ0) is 24.9. The number of carbonyl (C=O) groups is 3. The topological polar surface area (TPSA) is 78.5 Å². The number of hydrogen-bond acceptors (Lipinski definition) is 3. The van der Waals surface area contributed by atoms with Gasteiger partial charge in [-0.15, -0.1) is 0 Å². The lowest BCUT2D eigenvalue weighted by Crippen LogP contribution is -2.43. The van der Waals surface area contributed by atoms with Crippen LogP contribution in [0, 0.1) is 0 Å². The molecule has 1 aliphatic rings. The normalized spacial score (nSPS) is 15.0. The number of nitrogens with one attached hydrogen (secondary N) is 2. The second kappa shape index (κ2) is 10.4. The smallest absolute Gasteiger partial charge is 0.247 e. The molecule has 0 unspecified atom stereocenters. The van der Waals surface area contributed by atoms with Crippen LogP contribution >= 0.6 is 0 Å². The molecule has 180 valence electrons. The summed E-state index contributed by atoms with van der Waals surface area (Å²) >= 11 is 0. The Kier molecular flexibility index (Phi) is 6.76. The molecular formula is C30H27N3O3. The Labute approximate surface area is 209 Å². The minimum absolute atomic E-state index is 0.0140. The Morgan fingerprint density at radius 2 is 1.53 bits per heavy atom. The van der Waals surface area contributed by atoms with Gasteiger partial charge in [0, 0.05) is 17.9 Å². The van der Waals surface area contributed by atoms with E-state index >= 15 is 0 Å². The predicted octanol–water partition coefficient (Wildman–Crippen LogP) is 5.25. The lowest BCUT2D eigenvalue weighted by Gasteiger charge is -2.24. The fourth-order valence-electron chi connectivity index (χ4n) is 4.77. The van der Waals surface area contributed by atoms with Gasteiger partial charge in [0.25, 0.3) is 0 Å². The minimum atomic E-state index is -0.448. The molecule has 0 spiro atoms. The summed E-state index contributed by atoms with van der Waals surface area (Å²) in [6, 6.07) is 28.9. The van der Waals surface area contributed by atoms with Crippen LogP contribution in [0.1, 0.15) is 18.4 Å². The summed E-state index contributed by atoms with van der Waals surface area (Å²) in [6.07, 6.45) is 2.46. The first kappa shape index (κ1) is 23.3. The summed E-state index contributed by atoms with van der Waals surface area (Å²) in [6.45, 7) is 0.608. The molecule has 2 N–H and O–H groups in total. The van der Waals surface area contributed by atoms with Gasteiger partial charge in [-0.1, -0.05) is 60.7 Å². The number of rotatable bonds is 7. The van der Waals surface area contributed by atoms with Crippen molar-refractivity contribution in [3.05, 3.63) is 96.6 Å². The lowest BCUT2D eigenvalue weighted by molar-refractivity contribution is -0.136. The zero-order valence-corrected chi connectivity index (χ0v) is 19.8. The summed E-state index contributed by atoms with van der Waals surface area (Å²) in [5.41, 5.74) is 4.53. The third-order valence-electron chi connectivity index (χ3n) is 6.63. The number of likely N-dealkylation sites (tertiary alicyclic amines) is 1. The number of carbonyl (C=O) groups excluding carboxylic acids is 3. The summed E-state index contributed by atoms with van der Waals surface area (Å²) in [7, 11) is 0. The molecule has 1 saturated heterocycles. The molecular weight excluding hydrogens is 450 g/mol. The van der Waals surface area contributed by atoms with Crippen molar-refractivity contribution in [1.29, 1.82) is 0 Å². The van der Waals surface area contributed by atoms with Gasteiger partial charge in [0.15, 0.2) is 0 Å². The van der Waals surface area contributed by atoms with Crippen LogP contribution in [-0.4, -0.2) is 35.7 Å². The Morgan fingerprint density at radius 3 is 2.31 bits per heavy atom. The highest BCUT2D eigenvalue weighted by atomic mass is 16.2. The van der Waals surface area contributed by atoms with Gasteiger partial charge < -0.3 is 15.5 Å². The van der Waals surface area contributed by atoms with E-state index in [9.17, 15) is 14.4 Å². The lowest BCUT2D eigenvalue weighted by atomic mass is 10.0. The number of anilines is 2. The van der Waals surface area contributed by atoms with Gasteiger partial charge in [0.1, 0.15) is 6.04 Å². The van der Waals surface area contributed by atoms with Crippen LogP contribution in [0.5, 0.6) is 0 Å². The van der Waals surface area contributed by atoms with Crippen molar-refractivity contribution in [3.8, 4) is 11.1 Å². The molecule has 0 aliphatic carbocycles. The van der Waals surface area contributed by atoms with Gasteiger partial charge >= 0.3 is 0 Å². The molecule has 0 saturated carbocycles. The molecule has 0 radical (unpaired) electrons. The van der Waals surface area contributed by atoms with Crippen LogP contribution in [0.25, 0.3) is 21.9 Å². The van der Waals surface area contributed by atoms with Crippen LogP contribution in [0.15, 0.2) is 91.0 Å². The third-order valence-corrected chi connectivity index (χ3v) is 6.63. The molecule has 0 bridgehead atoms. The van der Waals surface area contributed by atoms with E-state index in [1.54, 1.807) is 4.90 Å². The van der Waals surface area contributed by atoms with Gasteiger partial charge in [-0.25, -0.2) is 0 Å². The molecule has 4 aromatic carbocycles. The first-order valence-electron chi connectivity index (χ1n) is 12.1. The minimum Gasteiger partial charge on any atom is -0.330 e. The van der Waals surface area contributed by atoms with Gasteiger partial charge in [-0.3, -0.25) is 14.4 Å². The summed E-state index contributed by atoms with van der Waals surface area (Å²) in [5, 5.41) is 7.73. The number of amides is 3. The van der Waals surface area contributed by atoms with Gasteiger partial charge in [-0.2, -0.15) is 0 Å². The Morgan fingerprint density at radius 1 is 0.833 bits per heavy atom. The molecule has 1 atom stereocenters. The first-order chi connectivity index (χ1) is 17.6. The average molecular weight is 478 g/mol. The van der Waals surface area contributed by atoms with Crippen molar-refractivity contribution in [1.82, 2.24) is 4.90 Å². The van der Waals surface area contributed by atoms with Crippen LogP contribution in [0.4, 0.5) is 11.4 Å². The molecule has 5 rings (SSSR count). The fraction of sp³-hybridized carbons (Fsp3) is 0.167. The summed E-state index contributed by atoms with van der Waals surface area (Å²) < 4.78 is 0. The summed E-state index contributed by atoms with van der Waals surface area (Å²) in [4.78, 5) is 38.3. The van der Waals surface area contributed by atoms with E-state index < -0.39 is 6.04 Å². The second-order valence-corrected chi connectivity index (χ2v) is 9.01. The van der Waals surface area contributed by atoms with E-state index in [4.69, 9.17) is 0 Å². The summed E-state index contributed by atoms with van der Waals surface area (Å²) in [5.74, 6) is -0.159. The molecule has 1 aliphatic heterocycles. The maximum atomic E-state index is 13.1. The highest BCUT2D eigenvalue weighted by Gasteiger charge is 2.33. The third kappa shape index (κ3) is 5.13. The molecule has 0 aromatic heterocycles. The molecule has 1 heterocycles. The SMILES string of the molecule is O=CNc1ccc(-c2ccc3cc(NC(=O)[C@@H]4CCCN4C(=O)Cc4ccccc4)ccc3c2)cc1. The van der Waals surface area contributed by atoms with Crippen LogP contribution in [0.2, 0.25) is 0 Å². The van der Waals surface area contributed by atoms with E-state index in [0.717, 1.165) is 39.6 Å². The first-order valence-corrected chi connectivity index (χ1v) is 12.1. The Balaban J connectivity index is 1.27. The number of benzene rings is 4. The average Bonchev–Trinajstić information content (AvgIpc) is 3.40. The fourth-order valence-corrected chi connectivity index (χ4v) is 4.77. The van der Waals surface area contributed by atoms with Crippen molar-refractivity contribution in [3.63, 3.8) is 0 Å². The van der Waals surface area contributed by atoms with Crippen LogP contribution in [-0.2, 0) is 20.8 Å². The van der Waals surface area contributed by atoms with Gasteiger partial charge in [0.05, 0.1) is 6.42 Å². The maximum absolute atomic E-state index is 13.1. The number of fused-ring (bicyclic) bond motifs is 1. The highest BCUT2D eigenvalue weighted by Crippen LogP contribution is 2.28. The van der Waals surface area contributed by atoms with Crippen LogP contribution < -0.4 is 10.6 Å². The second-order valence-electron chi connectivity index (χ2n) is 9.01. The molecule has 6 nitrogen and oxygen atoms in total. The van der Waals surface area contributed by atoms with Gasteiger partial charge in [0.2, 0.25) is 18.2 Å². The van der Waals surface area contributed by atoms with E-state index in [0.29, 0.717) is 31.5 Å². The van der Waals surface area contributed by atoms with E-state index in [2.05, 4.69) is 16.7 Å². The molecule has 36 heavy (non-hydrogen) atoms.